The van der Waals surface area contributed by atoms with Crippen LogP contribution in [0.15, 0.2) is 18.2 Å². The fourth-order valence-corrected chi connectivity index (χ4v) is 1.14. The van der Waals surface area contributed by atoms with Gasteiger partial charge in [0.15, 0.2) is 0 Å². The molecule has 0 fully saturated rings. The van der Waals surface area contributed by atoms with E-state index >= 15 is 0 Å². The average Bonchev–Trinajstić information content (AvgIpc) is 2.18. The molecule has 3 nitrogen and oxygen atoms in total. The Balaban J connectivity index is 2.81. The van der Waals surface area contributed by atoms with Gasteiger partial charge >= 0.3 is 5.97 Å². The summed E-state index contributed by atoms with van der Waals surface area (Å²) in [6.07, 6.45) is 0. The van der Waals surface area contributed by atoms with Gasteiger partial charge in [0.1, 0.15) is 18.2 Å². The number of hydrogen-bond donors (Lipinski definition) is 0. The van der Waals surface area contributed by atoms with E-state index in [1.165, 1.54) is 25.1 Å². The number of hydrogen-bond acceptors (Lipinski definition) is 3. The van der Waals surface area contributed by atoms with E-state index in [2.05, 4.69) is 0 Å². The number of halogens is 1. The molecular formula is C11H13FO3. The molecule has 1 aromatic rings. The summed E-state index contributed by atoms with van der Waals surface area (Å²) in [5, 5.41) is 0. The van der Waals surface area contributed by atoms with Gasteiger partial charge in [-0.2, -0.15) is 0 Å². The first-order valence-corrected chi connectivity index (χ1v) is 4.68. The van der Waals surface area contributed by atoms with Gasteiger partial charge in [0.25, 0.3) is 0 Å². The van der Waals surface area contributed by atoms with E-state index in [-0.39, 0.29) is 12.4 Å². The smallest absolute Gasteiger partial charge is 0.302 e. The zero-order valence-electron chi connectivity index (χ0n) is 8.75. The Morgan fingerprint density at radius 3 is 2.80 bits per heavy atom. The van der Waals surface area contributed by atoms with Gasteiger partial charge in [-0.3, -0.25) is 4.79 Å². The van der Waals surface area contributed by atoms with E-state index in [4.69, 9.17) is 9.47 Å². The lowest BCUT2D eigenvalue weighted by Gasteiger charge is -2.09. The van der Waals surface area contributed by atoms with E-state index in [1.807, 2.05) is 6.92 Å². The first-order valence-electron chi connectivity index (χ1n) is 4.68. The van der Waals surface area contributed by atoms with Crippen LogP contribution in [0.25, 0.3) is 0 Å². The third-order valence-corrected chi connectivity index (χ3v) is 1.75. The van der Waals surface area contributed by atoms with Crippen LogP contribution in [-0.4, -0.2) is 12.6 Å². The minimum Gasteiger partial charge on any atom is -0.493 e. The Bertz CT molecular complexity index is 350. The molecule has 15 heavy (non-hydrogen) atoms. The highest BCUT2D eigenvalue weighted by molar-refractivity contribution is 5.66. The number of benzene rings is 1. The lowest BCUT2D eigenvalue weighted by Crippen LogP contribution is -2.02. The number of ether oxygens (including phenoxy) is 2. The van der Waals surface area contributed by atoms with Crippen molar-refractivity contribution in [2.45, 2.75) is 20.5 Å². The summed E-state index contributed by atoms with van der Waals surface area (Å²) in [5.74, 6) is -0.234. The average molecular weight is 212 g/mol. The maximum atomic E-state index is 12.9. The lowest BCUT2D eigenvalue weighted by molar-refractivity contribution is -0.142. The van der Waals surface area contributed by atoms with Crippen LogP contribution in [0, 0.1) is 5.82 Å². The molecule has 0 unspecified atom stereocenters. The number of esters is 1. The highest BCUT2D eigenvalue weighted by atomic mass is 19.1. The summed E-state index contributed by atoms with van der Waals surface area (Å²) >= 11 is 0. The monoisotopic (exact) mass is 212 g/mol. The Labute approximate surface area is 87.8 Å². The molecule has 0 aliphatic carbocycles. The Kier molecular flexibility index (Phi) is 4.09. The molecule has 0 N–H and O–H groups in total. The van der Waals surface area contributed by atoms with Crippen molar-refractivity contribution in [2.24, 2.45) is 0 Å². The molecule has 0 amide bonds. The molecule has 0 radical (unpaired) electrons. The van der Waals surface area contributed by atoms with Crippen LogP contribution in [0.1, 0.15) is 19.4 Å². The molecule has 82 valence electrons. The molecule has 0 saturated carbocycles. The fourth-order valence-electron chi connectivity index (χ4n) is 1.14. The normalized spacial score (nSPS) is 9.80. The molecule has 1 rings (SSSR count). The van der Waals surface area contributed by atoms with E-state index in [0.29, 0.717) is 17.9 Å². The first kappa shape index (κ1) is 11.5. The number of carbonyl (C=O) groups is 1. The molecule has 1 aromatic carbocycles. The van der Waals surface area contributed by atoms with E-state index < -0.39 is 5.97 Å². The molecule has 0 heterocycles. The van der Waals surface area contributed by atoms with Crippen molar-refractivity contribution >= 4 is 5.97 Å². The van der Waals surface area contributed by atoms with Gasteiger partial charge in [0.2, 0.25) is 0 Å². The highest BCUT2D eigenvalue weighted by Gasteiger charge is 2.06. The van der Waals surface area contributed by atoms with Crippen LogP contribution >= 0.6 is 0 Å². The van der Waals surface area contributed by atoms with Crippen molar-refractivity contribution in [1.82, 2.24) is 0 Å². The van der Waals surface area contributed by atoms with Gasteiger partial charge < -0.3 is 9.47 Å². The SMILES string of the molecule is CCOc1ccc(F)cc1COC(C)=O. The van der Waals surface area contributed by atoms with E-state index in [0.717, 1.165) is 0 Å². The van der Waals surface area contributed by atoms with Gasteiger partial charge in [-0.15, -0.1) is 0 Å². The zero-order chi connectivity index (χ0) is 11.3. The minimum atomic E-state index is -0.401. The summed E-state index contributed by atoms with van der Waals surface area (Å²) < 4.78 is 23.0. The van der Waals surface area contributed by atoms with Crippen LogP contribution < -0.4 is 4.74 Å². The molecule has 4 heteroatoms. The second-order valence-electron chi connectivity index (χ2n) is 2.97. The maximum absolute atomic E-state index is 12.9. The number of carbonyl (C=O) groups excluding carboxylic acids is 1. The van der Waals surface area contributed by atoms with E-state index in [1.54, 1.807) is 0 Å². The summed E-state index contributed by atoms with van der Waals surface area (Å²) in [6.45, 7) is 3.65. The summed E-state index contributed by atoms with van der Waals surface area (Å²) in [5.41, 5.74) is 0.534. The summed E-state index contributed by atoms with van der Waals surface area (Å²) in [7, 11) is 0. The van der Waals surface area contributed by atoms with Crippen molar-refractivity contribution in [3.05, 3.63) is 29.6 Å². The van der Waals surface area contributed by atoms with Gasteiger partial charge in [-0.1, -0.05) is 0 Å². The topological polar surface area (TPSA) is 35.5 Å². The van der Waals surface area contributed by atoms with Crippen molar-refractivity contribution in [3.8, 4) is 5.75 Å². The van der Waals surface area contributed by atoms with Crippen LogP contribution in [-0.2, 0) is 16.1 Å². The zero-order valence-corrected chi connectivity index (χ0v) is 8.75. The first-order chi connectivity index (χ1) is 7.13. The quantitative estimate of drug-likeness (QED) is 0.718. The minimum absolute atomic E-state index is 0.0302. The maximum Gasteiger partial charge on any atom is 0.302 e. The predicted octanol–water partition coefficient (Wildman–Crippen LogP) is 2.29. The molecule has 0 bridgehead atoms. The largest absolute Gasteiger partial charge is 0.493 e. The van der Waals surface area contributed by atoms with Crippen LogP contribution in [0.3, 0.4) is 0 Å². The van der Waals surface area contributed by atoms with Gasteiger partial charge in [-0.05, 0) is 25.1 Å². The Morgan fingerprint density at radius 1 is 1.47 bits per heavy atom. The standard InChI is InChI=1S/C11H13FO3/c1-3-14-11-5-4-10(12)6-9(11)7-15-8(2)13/h4-6H,3,7H2,1-2H3. The highest BCUT2D eigenvalue weighted by Crippen LogP contribution is 2.20. The summed E-state index contributed by atoms with van der Waals surface area (Å²) in [4.78, 5) is 10.6. The third-order valence-electron chi connectivity index (χ3n) is 1.75. The fraction of sp³-hybridized carbons (Fsp3) is 0.364. The van der Waals surface area contributed by atoms with Crippen molar-refractivity contribution in [2.75, 3.05) is 6.61 Å². The van der Waals surface area contributed by atoms with E-state index in [9.17, 15) is 9.18 Å². The Hall–Kier alpha value is -1.58. The van der Waals surface area contributed by atoms with Crippen molar-refractivity contribution < 1.29 is 18.7 Å². The van der Waals surface area contributed by atoms with Crippen molar-refractivity contribution in [3.63, 3.8) is 0 Å². The molecule has 0 aliphatic rings. The molecule has 0 saturated heterocycles. The van der Waals surface area contributed by atoms with Gasteiger partial charge in [0.05, 0.1) is 6.61 Å². The van der Waals surface area contributed by atoms with Crippen LogP contribution in [0.2, 0.25) is 0 Å². The molecule has 0 atom stereocenters. The van der Waals surface area contributed by atoms with Gasteiger partial charge in [-0.25, -0.2) is 4.39 Å². The predicted molar refractivity (Wildman–Crippen MR) is 53.0 cm³/mol. The molecule has 0 aliphatic heterocycles. The second kappa shape index (κ2) is 5.34. The third kappa shape index (κ3) is 3.58. The Morgan fingerprint density at radius 2 is 2.20 bits per heavy atom. The summed E-state index contributed by atoms with van der Waals surface area (Å²) in [6, 6.07) is 4.13. The van der Waals surface area contributed by atoms with Crippen LogP contribution in [0.4, 0.5) is 4.39 Å². The second-order valence-corrected chi connectivity index (χ2v) is 2.97. The molecule has 0 spiro atoms. The number of rotatable bonds is 4. The molecule has 0 aromatic heterocycles. The van der Waals surface area contributed by atoms with Gasteiger partial charge in [0, 0.05) is 12.5 Å². The van der Waals surface area contributed by atoms with Crippen LogP contribution in [0.5, 0.6) is 5.75 Å². The lowest BCUT2D eigenvalue weighted by atomic mass is 10.2. The van der Waals surface area contributed by atoms with Crippen molar-refractivity contribution in [1.29, 1.82) is 0 Å². The molecular weight excluding hydrogens is 199 g/mol.